The van der Waals surface area contributed by atoms with E-state index < -0.39 is 0 Å². The van der Waals surface area contributed by atoms with Crippen molar-refractivity contribution in [1.82, 2.24) is 5.32 Å². The molecule has 2 aliphatic rings. The van der Waals surface area contributed by atoms with Crippen LogP contribution in [0.25, 0.3) is 0 Å². The van der Waals surface area contributed by atoms with Gasteiger partial charge in [-0.2, -0.15) is 0 Å². The molecule has 1 aromatic carbocycles. The minimum atomic E-state index is -0.201. The number of aryl methyl sites for hydroxylation is 1. The molecule has 0 aliphatic carbocycles. The van der Waals surface area contributed by atoms with Crippen molar-refractivity contribution < 1.29 is 14.3 Å². The normalized spacial score (nSPS) is 24.9. The molecule has 1 atom stereocenters. The highest BCUT2D eigenvalue weighted by Gasteiger charge is 2.30. The third-order valence-corrected chi connectivity index (χ3v) is 4.09. The zero-order valence-electron chi connectivity index (χ0n) is 11.9. The molecule has 1 aromatic rings. The highest BCUT2D eigenvalue weighted by molar-refractivity contribution is 5.94. The van der Waals surface area contributed by atoms with Crippen LogP contribution in [0.15, 0.2) is 18.2 Å². The maximum Gasteiger partial charge on any atom is 0.251 e. The van der Waals surface area contributed by atoms with Crippen molar-refractivity contribution in [2.45, 2.75) is 38.2 Å². The highest BCUT2D eigenvalue weighted by atomic mass is 16.5. The lowest BCUT2D eigenvalue weighted by Gasteiger charge is -2.23. The molecule has 0 saturated carbocycles. The summed E-state index contributed by atoms with van der Waals surface area (Å²) >= 11 is 0. The number of amides is 1. The molecule has 1 fully saturated rings. The van der Waals surface area contributed by atoms with Crippen molar-refractivity contribution in [3.63, 3.8) is 0 Å². The van der Waals surface area contributed by atoms with Crippen LogP contribution in [0, 0.1) is 0 Å². The Kier molecular flexibility index (Phi) is 3.66. The molecule has 3 rings (SSSR count). The predicted octanol–water partition coefficient (Wildman–Crippen LogP) is 2.31. The van der Waals surface area contributed by atoms with E-state index in [2.05, 4.69) is 12.2 Å². The fourth-order valence-corrected chi connectivity index (χ4v) is 2.85. The zero-order chi connectivity index (χ0) is 14.0. The molecule has 2 heterocycles. The molecule has 1 N–H and O–H groups in total. The van der Waals surface area contributed by atoms with Gasteiger partial charge in [0.05, 0.1) is 12.2 Å². The fraction of sp³-hybridized carbons (Fsp3) is 0.562. The number of nitrogens with one attached hydrogen (secondary N) is 1. The third-order valence-electron chi connectivity index (χ3n) is 4.09. The SMILES string of the molecule is C[C@@]1(CNC(=O)c2ccc3c(c2)CCCO3)CCCO1. The number of benzene rings is 1. The van der Waals surface area contributed by atoms with Gasteiger partial charge in [0.25, 0.3) is 5.91 Å². The number of fused-ring (bicyclic) bond motifs is 1. The Morgan fingerprint density at radius 2 is 2.25 bits per heavy atom. The predicted molar refractivity (Wildman–Crippen MR) is 76.2 cm³/mol. The van der Waals surface area contributed by atoms with E-state index in [1.165, 1.54) is 0 Å². The van der Waals surface area contributed by atoms with Gasteiger partial charge in [0.1, 0.15) is 5.75 Å². The number of carbonyl (C=O) groups is 1. The van der Waals surface area contributed by atoms with Crippen molar-refractivity contribution >= 4 is 5.91 Å². The smallest absolute Gasteiger partial charge is 0.251 e. The summed E-state index contributed by atoms with van der Waals surface area (Å²) in [6.45, 7) is 4.19. The molecule has 20 heavy (non-hydrogen) atoms. The lowest BCUT2D eigenvalue weighted by atomic mass is 10.0. The lowest BCUT2D eigenvalue weighted by Crippen LogP contribution is -2.40. The van der Waals surface area contributed by atoms with Crippen molar-refractivity contribution in [2.75, 3.05) is 19.8 Å². The molecule has 0 spiro atoms. The van der Waals surface area contributed by atoms with Gasteiger partial charge in [-0.25, -0.2) is 0 Å². The van der Waals surface area contributed by atoms with Crippen LogP contribution in [-0.4, -0.2) is 31.3 Å². The van der Waals surface area contributed by atoms with E-state index in [4.69, 9.17) is 9.47 Å². The molecule has 0 aromatic heterocycles. The van der Waals surface area contributed by atoms with E-state index in [9.17, 15) is 4.79 Å². The van der Waals surface area contributed by atoms with Gasteiger partial charge < -0.3 is 14.8 Å². The van der Waals surface area contributed by atoms with Crippen LogP contribution in [0.5, 0.6) is 5.75 Å². The van der Waals surface area contributed by atoms with Crippen LogP contribution in [0.2, 0.25) is 0 Å². The summed E-state index contributed by atoms with van der Waals surface area (Å²) in [6.07, 6.45) is 4.08. The summed E-state index contributed by atoms with van der Waals surface area (Å²) in [4.78, 5) is 12.2. The van der Waals surface area contributed by atoms with E-state index in [0.29, 0.717) is 12.1 Å². The maximum absolute atomic E-state index is 12.2. The molecule has 1 saturated heterocycles. The van der Waals surface area contributed by atoms with Gasteiger partial charge in [0.15, 0.2) is 0 Å². The molecule has 0 unspecified atom stereocenters. The summed E-state index contributed by atoms with van der Waals surface area (Å²) in [5.41, 5.74) is 1.63. The molecule has 4 heteroatoms. The molecule has 4 nitrogen and oxygen atoms in total. The molecule has 108 valence electrons. The number of hydrogen-bond acceptors (Lipinski definition) is 3. The van der Waals surface area contributed by atoms with Crippen LogP contribution < -0.4 is 10.1 Å². The first-order valence-electron chi connectivity index (χ1n) is 7.34. The Balaban J connectivity index is 1.65. The Morgan fingerprint density at radius 1 is 1.35 bits per heavy atom. The maximum atomic E-state index is 12.2. The highest BCUT2D eigenvalue weighted by Crippen LogP contribution is 2.26. The molecule has 0 bridgehead atoms. The lowest BCUT2D eigenvalue weighted by molar-refractivity contribution is 0.0206. The standard InChI is InChI=1S/C16H21NO3/c1-16(7-3-9-20-16)11-17-15(18)13-5-6-14-12(10-13)4-2-8-19-14/h5-6,10H,2-4,7-9,11H2,1H3,(H,17,18)/t16-/m0/s1. The minimum absolute atomic E-state index is 0.0323. The third kappa shape index (κ3) is 2.80. The van der Waals surface area contributed by atoms with Crippen molar-refractivity contribution in [3.8, 4) is 5.75 Å². The Bertz CT molecular complexity index is 506. The zero-order valence-corrected chi connectivity index (χ0v) is 11.9. The summed E-state index contributed by atoms with van der Waals surface area (Å²) < 4.78 is 11.2. The van der Waals surface area contributed by atoms with Crippen LogP contribution in [0.3, 0.4) is 0 Å². The van der Waals surface area contributed by atoms with Gasteiger partial charge in [0, 0.05) is 18.7 Å². The number of rotatable bonds is 3. The summed E-state index contributed by atoms with van der Waals surface area (Å²) in [5, 5.41) is 2.98. The van der Waals surface area contributed by atoms with Gasteiger partial charge in [-0.15, -0.1) is 0 Å². The molecule has 0 radical (unpaired) electrons. The number of carbonyl (C=O) groups excluding carboxylic acids is 1. The second kappa shape index (κ2) is 5.44. The van der Waals surface area contributed by atoms with E-state index in [1.54, 1.807) is 0 Å². The van der Waals surface area contributed by atoms with E-state index in [1.807, 2.05) is 18.2 Å². The van der Waals surface area contributed by atoms with Crippen LogP contribution in [-0.2, 0) is 11.2 Å². The first-order valence-corrected chi connectivity index (χ1v) is 7.34. The summed E-state index contributed by atoms with van der Waals surface area (Å²) in [5.74, 6) is 0.883. The van der Waals surface area contributed by atoms with E-state index in [0.717, 1.165) is 50.2 Å². The number of ether oxygens (including phenoxy) is 2. The fourth-order valence-electron chi connectivity index (χ4n) is 2.85. The molecular formula is C16H21NO3. The second-order valence-electron chi connectivity index (χ2n) is 5.86. The Hall–Kier alpha value is -1.55. The monoisotopic (exact) mass is 275 g/mol. The van der Waals surface area contributed by atoms with Crippen LogP contribution in [0.1, 0.15) is 42.1 Å². The Labute approximate surface area is 119 Å². The van der Waals surface area contributed by atoms with Crippen molar-refractivity contribution in [2.24, 2.45) is 0 Å². The number of hydrogen-bond donors (Lipinski definition) is 1. The molecule has 2 aliphatic heterocycles. The van der Waals surface area contributed by atoms with Crippen molar-refractivity contribution in [1.29, 1.82) is 0 Å². The van der Waals surface area contributed by atoms with Crippen LogP contribution in [0.4, 0.5) is 0 Å². The van der Waals surface area contributed by atoms with Gasteiger partial charge in [-0.05, 0) is 56.4 Å². The average molecular weight is 275 g/mol. The summed E-state index contributed by atoms with van der Waals surface area (Å²) in [6, 6.07) is 5.68. The Morgan fingerprint density at radius 3 is 3.05 bits per heavy atom. The van der Waals surface area contributed by atoms with Gasteiger partial charge in [-0.1, -0.05) is 0 Å². The average Bonchev–Trinajstić information content (AvgIpc) is 2.91. The first-order chi connectivity index (χ1) is 9.66. The van der Waals surface area contributed by atoms with E-state index >= 15 is 0 Å². The van der Waals surface area contributed by atoms with E-state index in [-0.39, 0.29) is 11.5 Å². The first kappa shape index (κ1) is 13.4. The molecule has 1 amide bonds. The van der Waals surface area contributed by atoms with Gasteiger partial charge >= 0.3 is 0 Å². The quantitative estimate of drug-likeness (QED) is 0.921. The minimum Gasteiger partial charge on any atom is -0.493 e. The molecular weight excluding hydrogens is 254 g/mol. The van der Waals surface area contributed by atoms with Gasteiger partial charge in [0.2, 0.25) is 0 Å². The van der Waals surface area contributed by atoms with Crippen LogP contribution >= 0.6 is 0 Å². The second-order valence-corrected chi connectivity index (χ2v) is 5.86. The largest absolute Gasteiger partial charge is 0.493 e. The topological polar surface area (TPSA) is 47.6 Å². The van der Waals surface area contributed by atoms with Gasteiger partial charge in [-0.3, -0.25) is 4.79 Å². The van der Waals surface area contributed by atoms with Crippen molar-refractivity contribution in [3.05, 3.63) is 29.3 Å². The summed E-state index contributed by atoms with van der Waals surface area (Å²) in [7, 11) is 0.